The van der Waals surface area contributed by atoms with Gasteiger partial charge < -0.3 is 10.2 Å². The zero-order valence-electron chi connectivity index (χ0n) is 11.1. The first-order valence-electron chi connectivity index (χ1n) is 6.02. The first-order chi connectivity index (χ1) is 9.22. The molecule has 1 aromatic carbocycles. The van der Waals surface area contributed by atoms with Crippen LogP contribution in [0.4, 0.5) is 5.13 Å². The Morgan fingerprint density at radius 2 is 2.32 bits per heavy atom. The fourth-order valence-corrected chi connectivity index (χ4v) is 2.61. The summed E-state index contributed by atoms with van der Waals surface area (Å²) < 4.78 is 0. The topological polar surface area (TPSA) is 52.0 Å². The summed E-state index contributed by atoms with van der Waals surface area (Å²) in [7, 11) is 3.93. The summed E-state index contributed by atoms with van der Waals surface area (Å²) in [6, 6.07) is 9.83. The second kappa shape index (κ2) is 6.32. The highest BCUT2D eigenvalue weighted by Crippen LogP contribution is 2.21. The van der Waals surface area contributed by atoms with E-state index in [1.165, 1.54) is 0 Å². The van der Waals surface area contributed by atoms with Crippen LogP contribution in [0.2, 0.25) is 0 Å². The van der Waals surface area contributed by atoms with E-state index in [0.717, 1.165) is 29.5 Å². The van der Waals surface area contributed by atoms with Crippen molar-refractivity contribution in [3.63, 3.8) is 0 Å². The summed E-state index contributed by atoms with van der Waals surface area (Å²) in [6.45, 7) is 1.54. The van der Waals surface area contributed by atoms with Gasteiger partial charge in [-0.3, -0.25) is 0 Å². The molecule has 0 saturated heterocycles. The number of rotatable bonds is 5. The SMILES string of the molecule is CNCc1csc(N(C)Cc2cccc(C#N)c2)n1. The number of hydrogen-bond donors (Lipinski definition) is 1. The molecule has 0 amide bonds. The van der Waals surface area contributed by atoms with Gasteiger partial charge in [0.1, 0.15) is 0 Å². The van der Waals surface area contributed by atoms with Crippen molar-refractivity contribution >= 4 is 16.5 Å². The molecule has 4 nitrogen and oxygen atoms in total. The molecular formula is C14H16N4S. The zero-order chi connectivity index (χ0) is 13.7. The monoisotopic (exact) mass is 272 g/mol. The molecule has 0 spiro atoms. The van der Waals surface area contributed by atoms with Crippen molar-refractivity contribution in [2.45, 2.75) is 13.1 Å². The van der Waals surface area contributed by atoms with Gasteiger partial charge in [0.2, 0.25) is 0 Å². The fourth-order valence-electron chi connectivity index (χ4n) is 1.81. The third-order valence-electron chi connectivity index (χ3n) is 2.70. The molecule has 0 atom stereocenters. The van der Waals surface area contributed by atoms with Gasteiger partial charge in [-0.1, -0.05) is 12.1 Å². The van der Waals surface area contributed by atoms with Crippen LogP contribution >= 0.6 is 11.3 Å². The lowest BCUT2D eigenvalue weighted by Gasteiger charge is -2.15. The molecule has 0 aliphatic heterocycles. The maximum absolute atomic E-state index is 8.89. The molecule has 1 aromatic heterocycles. The predicted octanol–water partition coefficient (Wildman–Crippen LogP) is 2.37. The quantitative estimate of drug-likeness (QED) is 0.908. The molecule has 1 N–H and O–H groups in total. The van der Waals surface area contributed by atoms with Crippen LogP contribution in [0.5, 0.6) is 0 Å². The summed E-state index contributed by atoms with van der Waals surface area (Å²) in [5, 5.41) is 15.0. The van der Waals surface area contributed by atoms with Gasteiger partial charge in [0.05, 0.1) is 17.3 Å². The highest BCUT2D eigenvalue weighted by Gasteiger charge is 2.07. The standard InChI is InChI=1S/C14H16N4S/c1-16-8-13-10-19-14(17-13)18(2)9-12-5-3-4-11(6-12)7-15/h3-6,10,16H,8-9H2,1-2H3. The average Bonchev–Trinajstić information content (AvgIpc) is 2.88. The van der Waals surface area contributed by atoms with Gasteiger partial charge in [0.15, 0.2) is 5.13 Å². The van der Waals surface area contributed by atoms with Crippen LogP contribution in [0, 0.1) is 11.3 Å². The Kier molecular flexibility index (Phi) is 4.50. The summed E-state index contributed by atoms with van der Waals surface area (Å²) in [4.78, 5) is 6.65. The number of nitriles is 1. The van der Waals surface area contributed by atoms with Crippen molar-refractivity contribution in [2.75, 3.05) is 19.0 Å². The maximum atomic E-state index is 8.89. The molecule has 0 saturated carbocycles. The largest absolute Gasteiger partial charge is 0.347 e. The lowest BCUT2D eigenvalue weighted by molar-refractivity contribution is 0.792. The molecule has 0 fully saturated rings. The Hall–Kier alpha value is -1.90. The Morgan fingerprint density at radius 3 is 3.05 bits per heavy atom. The van der Waals surface area contributed by atoms with Gasteiger partial charge in [-0.25, -0.2) is 4.98 Å². The Morgan fingerprint density at radius 1 is 1.47 bits per heavy atom. The minimum atomic E-state index is 0.695. The van der Waals surface area contributed by atoms with E-state index in [1.54, 1.807) is 11.3 Å². The van der Waals surface area contributed by atoms with Crippen molar-refractivity contribution in [3.05, 3.63) is 46.5 Å². The number of aromatic nitrogens is 1. The summed E-state index contributed by atoms with van der Waals surface area (Å²) in [6.07, 6.45) is 0. The van der Waals surface area contributed by atoms with Gasteiger partial charge in [-0.15, -0.1) is 11.3 Å². The molecule has 2 aromatic rings. The smallest absolute Gasteiger partial charge is 0.185 e. The number of anilines is 1. The van der Waals surface area contributed by atoms with Crippen molar-refractivity contribution in [1.82, 2.24) is 10.3 Å². The van der Waals surface area contributed by atoms with E-state index in [0.29, 0.717) is 5.56 Å². The normalized spacial score (nSPS) is 10.2. The Balaban J connectivity index is 2.07. The van der Waals surface area contributed by atoms with Crippen molar-refractivity contribution in [1.29, 1.82) is 5.26 Å². The number of nitrogens with one attached hydrogen (secondary N) is 1. The molecule has 19 heavy (non-hydrogen) atoms. The van der Waals surface area contributed by atoms with Crippen LogP contribution in [0.3, 0.4) is 0 Å². The van der Waals surface area contributed by atoms with E-state index in [9.17, 15) is 0 Å². The lowest BCUT2D eigenvalue weighted by atomic mass is 10.1. The molecule has 2 rings (SSSR count). The van der Waals surface area contributed by atoms with Crippen LogP contribution in [0.1, 0.15) is 16.8 Å². The lowest BCUT2D eigenvalue weighted by Crippen LogP contribution is -2.16. The van der Waals surface area contributed by atoms with Gasteiger partial charge in [0.25, 0.3) is 0 Å². The van der Waals surface area contributed by atoms with Gasteiger partial charge in [-0.05, 0) is 24.7 Å². The highest BCUT2D eigenvalue weighted by atomic mass is 32.1. The predicted molar refractivity (Wildman–Crippen MR) is 78.1 cm³/mol. The second-order valence-electron chi connectivity index (χ2n) is 4.32. The van der Waals surface area contributed by atoms with Crippen molar-refractivity contribution < 1.29 is 0 Å². The zero-order valence-corrected chi connectivity index (χ0v) is 11.9. The Bertz CT molecular complexity index is 585. The maximum Gasteiger partial charge on any atom is 0.185 e. The molecule has 1 heterocycles. The average molecular weight is 272 g/mol. The third kappa shape index (κ3) is 3.53. The Labute approximate surface area is 117 Å². The van der Waals surface area contributed by atoms with E-state index >= 15 is 0 Å². The number of nitrogens with zero attached hydrogens (tertiary/aromatic N) is 3. The molecular weight excluding hydrogens is 256 g/mol. The van der Waals surface area contributed by atoms with Crippen LogP contribution in [-0.2, 0) is 13.1 Å². The minimum Gasteiger partial charge on any atom is -0.347 e. The third-order valence-corrected chi connectivity index (χ3v) is 3.70. The van der Waals surface area contributed by atoms with Crippen molar-refractivity contribution in [3.8, 4) is 6.07 Å². The first kappa shape index (κ1) is 13.5. The summed E-state index contributed by atoms with van der Waals surface area (Å²) >= 11 is 1.64. The molecule has 0 aliphatic carbocycles. The van der Waals surface area contributed by atoms with Gasteiger partial charge in [-0.2, -0.15) is 5.26 Å². The molecule has 0 bridgehead atoms. The van der Waals surface area contributed by atoms with E-state index < -0.39 is 0 Å². The van der Waals surface area contributed by atoms with Crippen molar-refractivity contribution in [2.24, 2.45) is 0 Å². The molecule has 5 heteroatoms. The second-order valence-corrected chi connectivity index (χ2v) is 5.16. The number of hydrogen-bond acceptors (Lipinski definition) is 5. The van der Waals surface area contributed by atoms with Crippen LogP contribution in [0.25, 0.3) is 0 Å². The van der Waals surface area contributed by atoms with E-state index in [-0.39, 0.29) is 0 Å². The molecule has 98 valence electrons. The first-order valence-corrected chi connectivity index (χ1v) is 6.90. The van der Waals surface area contributed by atoms with Crippen LogP contribution in [-0.4, -0.2) is 19.1 Å². The molecule has 0 unspecified atom stereocenters. The van der Waals surface area contributed by atoms with Crippen LogP contribution in [0.15, 0.2) is 29.6 Å². The molecule has 0 aliphatic rings. The fraction of sp³-hybridized carbons (Fsp3) is 0.286. The minimum absolute atomic E-state index is 0.695. The van der Waals surface area contributed by atoms with Crippen LogP contribution < -0.4 is 10.2 Å². The van der Waals surface area contributed by atoms with E-state index in [1.807, 2.05) is 38.4 Å². The van der Waals surface area contributed by atoms with E-state index in [4.69, 9.17) is 5.26 Å². The number of benzene rings is 1. The number of thiazole rings is 1. The van der Waals surface area contributed by atoms with E-state index in [2.05, 4.69) is 26.6 Å². The highest BCUT2D eigenvalue weighted by molar-refractivity contribution is 7.13. The summed E-state index contributed by atoms with van der Waals surface area (Å²) in [5.41, 5.74) is 2.87. The summed E-state index contributed by atoms with van der Waals surface area (Å²) in [5.74, 6) is 0. The van der Waals surface area contributed by atoms with Gasteiger partial charge in [0, 0.05) is 25.5 Å². The van der Waals surface area contributed by atoms with Gasteiger partial charge >= 0.3 is 0 Å². The molecule has 0 radical (unpaired) electrons.